The summed E-state index contributed by atoms with van der Waals surface area (Å²) in [5.41, 5.74) is 7.12. The largest absolute Gasteiger partial charge is 0.0736 e. The van der Waals surface area contributed by atoms with Gasteiger partial charge in [0.15, 0.2) is 0 Å². The van der Waals surface area contributed by atoms with Crippen LogP contribution in [0.3, 0.4) is 0 Å². The van der Waals surface area contributed by atoms with E-state index in [4.69, 9.17) is 0 Å². The summed E-state index contributed by atoms with van der Waals surface area (Å²) in [6.07, 6.45) is 16.4. The molecule has 4 rings (SSSR count). The molecule has 0 heteroatoms. The van der Waals surface area contributed by atoms with Crippen LogP contribution in [-0.4, -0.2) is 0 Å². The first-order valence-corrected chi connectivity index (χ1v) is 12.5. The van der Waals surface area contributed by atoms with Crippen molar-refractivity contribution < 1.29 is 0 Å². The summed E-state index contributed by atoms with van der Waals surface area (Å²) < 4.78 is 0. The van der Waals surface area contributed by atoms with Crippen molar-refractivity contribution in [1.29, 1.82) is 0 Å². The van der Waals surface area contributed by atoms with E-state index in [9.17, 15) is 0 Å². The SMILES string of the molecule is CCC1=CC(CC)(C(c2ccccc2)(c2ccccc2)C2(C)C=CC=C2)C(CC)=C1CC. The molecule has 2 aliphatic carbocycles. The molecule has 2 aliphatic rings. The average Bonchev–Trinajstić information content (AvgIpc) is 3.43. The lowest BCUT2D eigenvalue weighted by atomic mass is 9.44. The molecule has 0 spiro atoms. The molecule has 0 amide bonds. The van der Waals surface area contributed by atoms with Crippen LogP contribution in [0, 0.1) is 10.8 Å². The van der Waals surface area contributed by atoms with Crippen molar-refractivity contribution in [2.75, 3.05) is 0 Å². The molecule has 1 atom stereocenters. The second-order valence-corrected chi connectivity index (χ2v) is 9.50. The van der Waals surface area contributed by atoms with Crippen LogP contribution in [0.5, 0.6) is 0 Å². The zero-order valence-corrected chi connectivity index (χ0v) is 20.5. The molecule has 0 saturated heterocycles. The third-order valence-corrected chi connectivity index (χ3v) is 8.24. The van der Waals surface area contributed by atoms with Gasteiger partial charge in [0.25, 0.3) is 0 Å². The lowest BCUT2D eigenvalue weighted by Crippen LogP contribution is -2.55. The highest BCUT2D eigenvalue weighted by Crippen LogP contribution is 2.67. The smallest absolute Gasteiger partial charge is 0.0453 e. The summed E-state index contributed by atoms with van der Waals surface area (Å²) >= 11 is 0. The van der Waals surface area contributed by atoms with E-state index in [1.165, 1.54) is 11.1 Å². The van der Waals surface area contributed by atoms with Crippen molar-refractivity contribution in [1.82, 2.24) is 0 Å². The minimum atomic E-state index is -0.247. The molecular formula is C32H38. The fraction of sp³-hybridized carbons (Fsp3) is 0.375. The molecule has 32 heavy (non-hydrogen) atoms. The fourth-order valence-corrected chi connectivity index (χ4v) is 7.11. The van der Waals surface area contributed by atoms with Crippen molar-refractivity contribution in [2.45, 2.75) is 65.7 Å². The molecule has 0 saturated carbocycles. The molecule has 0 N–H and O–H groups in total. The topological polar surface area (TPSA) is 0 Å². The number of rotatable bonds is 8. The van der Waals surface area contributed by atoms with Gasteiger partial charge in [-0.25, -0.2) is 0 Å². The van der Waals surface area contributed by atoms with E-state index >= 15 is 0 Å². The Hall–Kier alpha value is -2.60. The summed E-state index contributed by atoms with van der Waals surface area (Å²) in [7, 11) is 0. The van der Waals surface area contributed by atoms with Gasteiger partial charge in [0.05, 0.1) is 0 Å². The van der Waals surface area contributed by atoms with E-state index in [-0.39, 0.29) is 16.2 Å². The van der Waals surface area contributed by atoms with Crippen LogP contribution in [0.2, 0.25) is 0 Å². The van der Waals surface area contributed by atoms with Crippen LogP contribution in [0.25, 0.3) is 0 Å². The number of hydrogen-bond acceptors (Lipinski definition) is 0. The van der Waals surface area contributed by atoms with Gasteiger partial charge in [-0.15, -0.1) is 0 Å². The third kappa shape index (κ3) is 2.95. The maximum absolute atomic E-state index is 2.69. The summed E-state index contributed by atoms with van der Waals surface area (Å²) in [5, 5.41) is 0. The van der Waals surface area contributed by atoms with Gasteiger partial charge in [-0.05, 0) is 48.0 Å². The molecule has 2 aromatic rings. The van der Waals surface area contributed by atoms with Crippen molar-refractivity contribution in [3.05, 3.63) is 119 Å². The monoisotopic (exact) mass is 422 g/mol. The minimum Gasteiger partial charge on any atom is -0.0736 e. The van der Waals surface area contributed by atoms with Crippen molar-refractivity contribution in [3.8, 4) is 0 Å². The zero-order chi connectivity index (χ0) is 22.8. The van der Waals surface area contributed by atoms with Crippen LogP contribution in [-0.2, 0) is 5.41 Å². The van der Waals surface area contributed by atoms with Crippen LogP contribution >= 0.6 is 0 Å². The van der Waals surface area contributed by atoms with Crippen LogP contribution < -0.4 is 0 Å². The molecule has 0 radical (unpaired) electrons. The van der Waals surface area contributed by atoms with Gasteiger partial charge < -0.3 is 0 Å². The Morgan fingerprint density at radius 3 is 1.62 bits per heavy atom. The quantitative estimate of drug-likeness (QED) is 0.398. The van der Waals surface area contributed by atoms with Gasteiger partial charge in [0, 0.05) is 16.2 Å². The third-order valence-electron chi connectivity index (χ3n) is 8.24. The van der Waals surface area contributed by atoms with E-state index in [2.05, 4.69) is 126 Å². The molecule has 0 heterocycles. The normalized spacial score (nSPS) is 22.0. The Labute approximate surface area is 195 Å². The predicted molar refractivity (Wildman–Crippen MR) is 139 cm³/mol. The van der Waals surface area contributed by atoms with E-state index in [1.54, 1.807) is 16.7 Å². The molecule has 2 aromatic carbocycles. The van der Waals surface area contributed by atoms with Gasteiger partial charge in [-0.2, -0.15) is 0 Å². The van der Waals surface area contributed by atoms with E-state index in [0.29, 0.717) is 0 Å². The molecular weight excluding hydrogens is 384 g/mol. The standard InChI is InChI=1S/C32H38/c1-6-25-24-31(9-4,29(8-3)28(25)7-2)32(26-18-12-10-13-19-26,27-20-14-11-15-21-27)30(5)22-16-17-23-30/h10-24H,6-9H2,1-5H3. The van der Waals surface area contributed by atoms with Crippen LogP contribution in [0.15, 0.2) is 108 Å². The summed E-state index contributed by atoms with van der Waals surface area (Å²) in [4.78, 5) is 0. The minimum absolute atomic E-state index is 0.0884. The van der Waals surface area contributed by atoms with E-state index in [1.807, 2.05) is 0 Å². The Bertz CT molecular complexity index is 1010. The lowest BCUT2D eigenvalue weighted by Gasteiger charge is -2.58. The van der Waals surface area contributed by atoms with Crippen molar-refractivity contribution >= 4 is 0 Å². The van der Waals surface area contributed by atoms with E-state index < -0.39 is 0 Å². The lowest BCUT2D eigenvalue weighted by molar-refractivity contribution is 0.155. The first-order valence-electron chi connectivity index (χ1n) is 12.5. The second-order valence-electron chi connectivity index (χ2n) is 9.50. The second kappa shape index (κ2) is 8.74. The first kappa shape index (κ1) is 22.6. The van der Waals surface area contributed by atoms with Crippen molar-refractivity contribution in [3.63, 3.8) is 0 Å². The molecule has 166 valence electrons. The number of hydrogen-bond donors (Lipinski definition) is 0. The van der Waals surface area contributed by atoms with Gasteiger partial charge in [-0.3, -0.25) is 0 Å². The highest BCUT2D eigenvalue weighted by atomic mass is 14.6. The summed E-state index contributed by atoms with van der Waals surface area (Å²) in [5.74, 6) is 0. The maximum atomic E-state index is 2.69. The van der Waals surface area contributed by atoms with Gasteiger partial charge >= 0.3 is 0 Å². The van der Waals surface area contributed by atoms with Gasteiger partial charge in [0.2, 0.25) is 0 Å². The van der Waals surface area contributed by atoms with Crippen LogP contribution in [0.4, 0.5) is 0 Å². The molecule has 0 aliphatic heterocycles. The molecule has 0 fully saturated rings. The Kier molecular flexibility index (Phi) is 6.17. The zero-order valence-electron chi connectivity index (χ0n) is 20.5. The Balaban J connectivity index is 2.23. The average molecular weight is 423 g/mol. The molecule has 0 aromatic heterocycles. The maximum Gasteiger partial charge on any atom is 0.0453 e. The molecule has 0 nitrogen and oxygen atoms in total. The number of allylic oxidation sites excluding steroid dienone is 8. The predicted octanol–water partition coefficient (Wildman–Crippen LogP) is 8.97. The van der Waals surface area contributed by atoms with Gasteiger partial charge in [-0.1, -0.05) is 131 Å². The Morgan fingerprint density at radius 1 is 0.688 bits per heavy atom. The first-order chi connectivity index (χ1) is 15.5. The highest BCUT2D eigenvalue weighted by molar-refractivity contribution is 5.61. The summed E-state index contributed by atoms with van der Waals surface area (Å²) in [6.45, 7) is 11.9. The highest BCUT2D eigenvalue weighted by Gasteiger charge is 2.62. The van der Waals surface area contributed by atoms with E-state index in [0.717, 1.165) is 25.7 Å². The molecule has 0 bridgehead atoms. The Morgan fingerprint density at radius 2 is 1.22 bits per heavy atom. The number of benzene rings is 2. The van der Waals surface area contributed by atoms with Crippen molar-refractivity contribution in [2.24, 2.45) is 10.8 Å². The fourth-order valence-electron chi connectivity index (χ4n) is 7.11. The molecule has 1 unspecified atom stereocenters. The summed E-state index contributed by atoms with van der Waals surface area (Å²) in [6, 6.07) is 22.6. The van der Waals surface area contributed by atoms with Crippen LogP contribution in [0.1, 0.15) is 71.4 Å². The van der Waals surface area contributed by atoms with Gasteiger partial charge in [0.1, 0.15) is 0 Å².